The molecule has 0 amide bonds. The highest BCUT2D eigenvalue weighted by atomic mass is 16.1. The molecule has 3 heteroatoms. The molecule has 16 heavy (non-hydrogen) atoms. The van der Waals surface area contributed by atoms with Crippen LogP contribution < -0.4 is 4.90 Å². The van der Waals surface area contributed by atoms with Crippen LogP contribution >= 0.6 is 0 Å². The summed E-state index contributed by atoms with van der Waals surface area (Å²) in [6.45, 7) is 1.59. The summed E-state index contributed by atoms with van der Waals surface area (Å²) in [4.78, 5) is 17.8. The van der Waals surface area contributed by atoms with Crippen molar-refractivity contribution in [2.45, 2.75) is 38.6 Å². The van der Waals surface area contributed by atoms with E-state index < -0.39 is 0 Å². The Labute approximate surface area is 96.5 Å². The number of ketones is 1. The van der Waals surface area contributed by atoms with Gasteiger partial charge in [-0.1, -0.05) is 12.8 Å². The molecule has 0 aromatic carbocycles. The molecule has 1 aliphatic rings. The van der Waals surface area contributed by atoms with Crippen molar-refractivity contribution in [3.05, 3.63) is 23.9 Å². The Kier molecular flexibility index (Phi) is 3.22. The molecule has 1 aromatic rings. The van der Waals surface area contributed by atoms with Gasteiger partial charge in [0.1, 0.15) is 5.82 Å². The Morgan fingerprint density at radius 1 is 1.44 bits per heavy atom. The van der Waals surface area contributed by atoms with Crippen molar-refractivity contribution < 1.29 is 4.79 Å². The molecule has 0 unspecified atom stereocenters. The van der Waals surface area contributed by atoms with Crippen molar-refractivity contribution in [1.82, 2.24) is 4.98 Å². The maximum atomic E-state index is 11.3. The topological polar surface area (TPSA) is 33.2 Å². The van der Waals surface area contributed by atoms with Gasteiger partial charge in [0.05, 0.1) is 0 Å². The third kappa shape index (κ3) is 2.23. The monoisotopic (exact) mass is 218 g/mol. The van der Waals surface area contributed by atoms with E-state index in [1.807, 2.05) is 6.07 Å². The van der Waals surface area contributed by atoms with E-state index in [9.17, 15) is 4.79 Å². The molecular formula is C13H18N2O. The molecule has 1 aromatic heterocycles. The third-order valence-corrected chi connectivity index (χ3v) is 3.39. The van der Waals surface area contributed by atoms with E-state index in [0.717, 1.165) is 11.4 Å². The Bertz CT molecular complexity index is 383. The highest BCUT2D eigenvalue weighted by molar-refractivity contribution is 5.94. The molecule has 86 valence electrons. The first-order valence-electron chi connectivity index (χ1n) is 5.88. The quantitative estimate of drug-likeness (QED) is 0.731. The Hall–Kier alpha value is -1.38. The van der Waals surface area contributed by atoms with E-state index in [0.29, 0.717) is 6.04 Å². The van der Waals surface area contributed by atoms with E-state index in [4.69, 9.17) is 0 Å². The average molecular weight is 218 g/mol. The molecule has 0 N–H and O–H groups in total. The molecule has 0 aliphatic heterocycles. The smallest absolute Gasteiger partial charge is 0.159 e. The van der Waals surface area contributed by atoms with Gasteiger partial charge in [-0.15, -0.1) is 0 Å². The molecule has 0 atom stereocenters. The van der Waals surface area contributed by atoms with Gasteiger partial charge in [-0.05, 0) is 31.9 Å². The van der Waals surface area contributed by atoms with Crippen LogP contribution in [0.3, 0.4) is 0 Å². The number of carbonyl (C=O) groups is 1. The van der Waals surface area contributed by atoms with Gasteiger partial charge in [-0.2, -0.15) is 0 Å². The molecule has 1 fully saturated rings. The lowest BCUT2D eigenvalue weighted by atomic mass is 10.1. The number of Topliss-reactive ketones (excluding diaryl/α,β-unsaturated/α-hetero) is 1. The lowest BCUT2D eigenvalue weighted by Crippen LogP contribution is -2.29. The average Bonchev–Trinajstić information content (AvgIpc) is 2.81. The molecule has 0 spiro atoms. The third-order valence-electron chi connectivity index (χ3n) is 3.39. The lowest BCUT2D eigenvalue weighted by molar-refractivity contribution is 0.101. The van der Waals surface area contributed by atoms with Crippen LogP contribution in [0.4, 0.5) is 5.82 Å². The number of hydrogen-bond acceptors (Lipinski definition) is 3. The van der Waals surface area contributed by atoms with E-state index in [1.165, 1.54) is 25.7 Å². The molecule has 3 nitrogen and oxygen atoms in total. The molecule has 1 saturated carbocycles. The van der Waals surface area contributed by atoms with Crippen LogP contribution in [0.1, 0.15) is 43.0 Å². The summed E-state index contributed by atoms with van der Waals surface area (Å²) in [6, 6.07) is 4.25. The van der Waals surface area contributed by atoms with E-state index in [1.54, 1.807) is 19.2 Å². The number of aromatic nitrogens is 1. The highest BCUT2D eigenvalue weighted by Crippen LogP contribution is 2.26. The number of hydrogen-bond donors (Lipinski definition) is 0. The summed E-state index contributed by atoms with van der Waals surface area (Å²) < 4.78 is 0. The number of nitrogens with zero attached hydrogens (tertiary/aromatic N) is 2. The fraction of sp³-hybridized carbons (Fsp3) is 0.538. The normalized spacial score (nSPS) is 16.4. The van der Waals surface area contributed by atoms with Gasteiger partial charge in [-0.3, -0.25) is 4.79 Å². The maximum Gasteiger partial charge on any atom is 0.159 e. The summed E-state index contributed by atoms with van der Waals surface area (Å²) in [6.07, 6.45) is 6.81. The van der Waals surface area contributed by atoms with Crippen molar-refractivity contribution in [1.29, 1.82) is 0 Å². The van der Waals surface area contributed by atoms with Gasteiger partial charge in [0.2, 0.25) is 0 Å². The second-order valence-electron chi connectivity index (χ2n) is 4.51. The van der Waals surface area contributed by atoms with Crippen LogP contribution in [-0.4, -0.2) is 23.9 Å². The van der Waals surface area contributed by atoms with Crippen LogP contribution in [0.5, 0.6) is 0 Å². The number of pyridine rings is 1. The molecule has 0 bridgehead atoms. The van der Waals surface area contributed by atoms with Gasteiger partial charge < -0.3 is 4.90 Å². The minimum Gasteiger partial charge on any atom is -0.357 e. The van der Waals surface area contributed by atoms with Gasteiger partial charge in [0, 0.05) is 24.8 Å². The number of anilines is 1. The molecule has 2 rings (SSSR count). The van der Waals surface area contributed by atoms with Gasteiger partial charge in [-0.25, -0.2) is 4.98 Å². The fourth-order valence-corrected chi connectivity index (χ4v) is 2.31. The molecular weight excluding hydrogens is 200 g/mol. The van der Waals surface area contributed by atoms with Crippen LogP contribution in [-0.2, 0) is 0 Å². The standard InChI is InChI=1S/C13H18N2O/c1-10(16)11-7-8-14-13(9-11)15(2)12-5-3-4-6-12/h7-9,12H,3-6H2,1-2H3. The van der Waals surface area contributed by atoms with Crippen molar-refractivity contribution >= 4 is 11.6 Å². The summed E-state index contributed by atoms with van der Waals surface area (Å²) >= 11 is 0. The zero-order valence-electron chi connectivity index (χ0n) is 9.94. The zero-order valence-corrected chi connectivity index (χ0v) is 9.94. The van der Waals surface area contributed by atoms with Crippen LogP contribution in [0, 0.1) is 0 Å². The fourth-order valence-electron chi connectivity index (χ4n) is 2.31. The summed E-state index contributed by atoms with van der Waals surface area (Å²) in [5.74, 6) is 1.02. The van der Waals surface area contributed by atoms with Gasteiger partial charge in [0.25, 0.3) is 0 Å². The van der Waals surface area contributed by atoms with E-state index in [2.05, 4.69) is 16.9 Å². The van der Waals surface area contributed by atoms with Crippen LogP contribution in [0.25, 0.3) is 0 Å². The highest BCUT2D eigenvalue weighted by Gasteiger charge is 2.20. The SMILES string of the molecule is CC(=O)c1ccnc(N(C)C2CCCC2)c1. The summed E-state index contributed by atoms with van der Waals surface area (Å²) in [7, 11) is 2.07. The molecule has 0 radical (unpaired) electrons. The van der Waals surface area contributed by atoms with Gasteiger partial charge in [0.15, 0.2) is 5.78 Å². The second kappa shape index (κ2) is 4.64. The van der Waals surface area contributed by atoms with Crippen LogP contribution in [0.15, 0.2) is 18.3 Å². The Balaban J connectivity index is 2.18. The van der Waals surface area contributed by atoms with E-state index in [-0.39, 0.29) is 5.78 Å². The second-order valence-corrected chi connectivity index (χ2v) is 4.51. The Morgan fingerprint density at radius 3 is 2.75 bits per heavy atom. The minimum absolute atomic E-state index is 0.100. The van der Waals surface area contributed by atoms with Crippen molar-refractivity contribution in [3.8, 4) is 0 Å². The van der Waals surface area contributed by atoms with Crippen molar-refractivity contribution in [3.63, 3.8) is 0 Å². The van der Waals surface area contributed by atoms with Gasteiger partial charge >= 0.3 is 0 Å². The van der Waals surface area contributed by atoms with Crippen molar-refractivity contribution in [2.24, 2.45) is 0 Å². The summed E-state index contributed by atoms with van der Waals surface area (Å²) in [5.41, 5.74) is 0.745. The first-order chi connectivity index (χ1) is 7.68. The summed E-state index contributed by atoms with van der Waals surface area (Å²) in [5, 5.41) is 0. The molecule has 1 aliphatic carbocycles. The largest absolute Gasteiger partial charge is 0.357 e. The first kappa shape index (κ1) is 11.1. The predicted octanol–water partition coefficient (Wildman–Crippen LogP) is 2.66. The Morgan fingerprint density at radius 2 is 2.12 bits per heavy atom. The van der Waals surface area contributed by atoms with E-state index >= 15 is 0 Å². The maximum absolute atomic E-state index is 11.3. The lowest BCUT2D eigenvalue weighted by Gasteiger charge is -2.25. The number of carbonyl (C=O) groups excluding carboxylic acids is 1. The molecule has 1 heterocycles. The van der Waals surface area contributed by atoms with Crippen LogP contribution in [0.2, 0.25) is 0 Å². The first-order valence-corrected chi connectivity index (χ1v) is 5.88. The molecule has 0 saturated heterocycles. The minimum atomic E-state index is 0.100. The predicted molar refractivity (Wildman–Crippen MR) is 64.9 cm³/mol. The number of rotatable bonds is 3. The van der Waals surface area contributed by atoms with Crippen molar-refractivity contribution in [2.75, 3.05) is 11.9 Å². The zero-order chi connectivity index (χ0) is 11.5.